The number of hydrogen-bond acceptors (Lipinski definition) is 0. The summed E-state index contributed by atoms with van der Waals surface area (Å²) in [4.78, 5) is 0. The Morgan fingerprint density at radius 2 is 1.05 bits per heavy atom. The predicted octanol–water partition coefficient (Wildman–Crippen LogP) is 8.29. The molecule has 0 spiro atoms. The quantitative estimate of drug-likeness (QED) is 0.160. The van der Waals surface area contributed by atoms with Crippen molar-refractivity contribution >= 4 is 35.9 Å². The van der Waals surface area contributed by atoms with Gasteiger partial charge in [-0.25, -0.2) is 11.6 Å². The number of hydrogen-bond donors (Lipinski definition) is 0. The van der Waals surface area contributed by atoms with E-state index in [0.29, 0.717) is 5.92 Å². The molecule has 8 rings (SSSR count). The molecular formula is C53H60Cl2Zr-2. The van der Waals surface area contributed by atoms with Crippen molar-refractivity contribution in [3.05, 3.63) is 160 Å². The topological polar surface area (TPSA) is 0 Å². The van der Waals surface area contributed by atoms with Gasteiger partial charge in [0.1, 0.15) is 0 Å². The van der Waals surface area contributed by atoms with Gasteiger partial charge in [0.15, 0.2) is 0 Å². The van der Waals surface area contributed by atoms with Crippen LogP contribution in [-0.4, -0.2) is 3.21 Å². The Morgan fingerprint density at radius 3 is 1.36 bits per heavy atom. The number of allylic oxidation sites excluding steroid dienone is 8. The average molecular weight is 859 g/mol. The molecule has 0 bridgehead atoms. The summed E-state index contributed by atoms with van der Waals surface area (Å²) in [6, 6.07) is 33.7. The van der Waals surface area contributed by atoms with Gasteiger partial charge in [-0.15, -0.1) is 46.7 Å². The third-order valence-electron chi connectivity index (χ3n) is 11.2. The molecule has 0 amide bonds. The van der Waals surface area contributed by atoms with E-state index in [1.165, 1.54) is 71.6 Å². The van der Waals surface area contributed by atoms with Crippen LogP contribution in [0.1, 0.15) is 116 Å². The van der Waals surface area contributed by atoms with E-state index in [9.17, 15) is 0 Å². The summed E-state index contributed by atoms with van der Waals surface area (Å²) < 4.78 is 1.60. The van der Waals surface area contributed by atoms with Crippen LogP contribution in [0.2, 0.25) is 0 Å². The van der Waals surface area contributed by atoms with Crippen molar-refractivity contribution in [3.63, 3.8) is 0 Å². The molecule has 0 heterocycles. The van der Waals surface area contributed by atoms with Crippen molar-refractivity contribution in [2.24, 2.45) is 16.7 Å². The Hall–Kier alpha value is -2.96. The molecule has 3 aliphatic carbocycles. The van der Waals surface area contributed by atoms with E-state index in [1.807, 2.05) is 6.08 Å². The fraction of sp³-hybridized carbons (Fsp3) is 0.358. The van der Waals surface area contributed by atoms with Crippen LogP contribution in [0.3, 0.4) is 0 Å². The third kappa shape index (κ3) is 10.2. The van der Waals surface area contributed by atoms with Crippen molar-refractivity contribution < 1.29 is 49.0 Å². The normalized spacial score (nSPS) is 17.2. The third-order valence-corrected chi connectivity index (χ3v) is 12.1. The van der Waals surface area contributed by atoms with Crippen LogP contribution in [0.15, 0.2) is 121 Å². The Kier molecular flexibility index (Phi) is 14.3. The molecule has 5 aromatic carbocycles. The molecule has 292 valence electrons. The van der Waals surface area contributed by atoms with Crippen molar-refractivity contribution in [2.75, 3.05) is 0 Å². The summed E-state index contributed by atoms with van der Waals surface area (Å²) in [5.74, 6) is 0.556. The van der Waals surface area contributed by atoms with Crippen LogP contribution in [0, 0.1) is 22.8 Å². The second-order valence-electron chi connectivity index (χ2n) is 19.1. The van der Waals surface area contributed by atoms with Crippen molar-refractivity contribution in [1.29, 1.82) is 0 Å². The number of halogens is 2. The van der Waals surface area contributed by atoms with E-state index in [-0.39, 0.29) is 46.5 Å². The summed E-state index contributed by atoms with van der Waals surface area (Å²) in [6.07, 6.45) is 14.6. The zero-order valence-corrected chi connectivity index (χ0v) is 39.7. The molecule has 1 atom stereocenters. The van der Waals surface area contributed by atoms with Crippen LogP contribution in [0.5, 0.6) is 0 Å². The van der Waals surface area contributed by atoms with Crippen LogP contribution in [0.4, 0.5) is 0 Å². The summed E-state index contributed by atoms with van der Waals surface area (Å²) in [6.45, 7) is 27.7. The zero-order valence-electron chi connectivity index (χ0n) is 35.7. The molecule has 1 unspecified atom stereocenters. The van der Waals surface area contributed by atoms with Gasteiger partial charge in [0.05, 0.1) is 0 Å². The van der Waals surface area contributed by atoms with E-state index in [2.05, 4.69) is 198 Å². The van der Waals surface area contributed by atoms with Crippen LogP contribution >= 0.6 is 0 Å². The van der Waals surface area contributed by atoms with Crippen LogP contribution in [0.25, 0.3) is 32.7 Å². The van der Waals surface area contributed by atoms with E-state index in [4.69, 9.17) is 0 Å². The maximum atomic E-state index is 3.15. The van der Waals surface area contributed by atoms with Gasteiger partial charge in [-0.2, -0.15) is 6.08 Å². The van der Waals surface area contributed by atoms with Gasteiger partial charge < -0.3 is 24.8 Å². The van der Waals surface area contributed by atoms with Gasteiger partial charge in [-0.3, -0.25) is 6.08 Å². The molecule has 0 saturated carbocycles. The SMILES string of the molecule is CC(C)(C)C1=CC(C)(C)c2cc3[cH-]c4cc5c(cc4c3cc21)C(C(C)(C)C)=CC5(C)C.CC1=CC(C)[C-]=C1.[Cl-].[Cl-].[Zr+2]=[C](Cc1ccccc1)Cc1ccccc1. The molecule has 0 saturated heterocycles. The number of fused-ring (bicyclic) bond motifs is 5. The fourth-order valence-corrected chi connectivity index (χ4v) is 9.40. The second kappa shape index (κ2) is 17.5. The van der Waals surface area contributed by atoms with Gasteiger partial charge in [-0.05, 0) is 33.1 Å². The summed E-state index contributed by atoms with van der Waals surface area (Å²) in [5, 5.41) is 5.58. The van der Waals surface area contributed by atoms with Crippen molar-refractivity contribution in [2.45, 2.75) is 107 Å². The van der Waals surface area contributed by atoms with Gasteiger partial charge >= 0.3 is 112 Å². The standard InChI is InChI=1S/C31H37.C15H14.C7H9.2ClH.Zr/c1-28(2,3)26-16-30(7,8)24-12-18-11-19-13-25-23(15-21(19)20(18)14-22(24)26)27(29(4,5)6)17-31(25,9)10;1-3-8-14(9-4-1)12-7-13-15-10-5-2-6-11-15;1-6-3-4-7(2)5-6;;;/h11-17H,1-10H3;1-6,8-11H,12-13H2;3,5,7H,1-2H3;2*1H;/q-1;;-1;;;+2/p-2. The first-order valence-corrected chi connectivity index (χ1v) is 21.1. The first-order chi connectivity index (χ1) is 25.2. The minimum atomic E-state index is 0. The van der Waals surface area contributed by atoms with Gasteiger partial charge in [-0.1, -0.05) is 117 Å². The monoisotopic (exact) mass is 856 g/mol. The number of rotatable bonds is 4. The van der Waals surface area contributed by atoms with Gasteiger partial charge in [0, 0.05) is 10.8 Å². The summed E-state index contributed by atoms with van der Waals surface area (Å²) in [7, 11) is 0. The molecule has 0 nitrogen and oxygen atoms in total. The summed E-state index contributed by atoms with van der Waals surface area (Å²) in [5.41, 5.74) is 13.5. The Morgan fingerprint density at radius 1 is 0.661 bits per heavy atom. The van der Waals surface area contributed by atoms with Gasteiger partial charge in [0.25, 0.3) is 0 Å². The molecule has 0 fully saturated rings. The molecular weight excluding hydrogens is 799 g/mol. The van der Waals surface area contributed by atoms with Crippen LogP contribution in [-0.2, 0) is 47.9 Å². The Labute approximate surface area is 366 Å². The first kappa shape index (κ1) is 45.7. The summed E-state index contributed by atoms with van der Waals surface area (Å²) >= 11 is 1.55. The molecule has 0 radical (unpaired) electrons. The minimum absolute atomic E-state index is 0. The fourth-order valence-electron chi connectivity index (χ4n) is 8.39. The van der Waals surface area contributed by atoms with Crippen molar-refractivity contribution in [3.8, 4) is 0 Å². The van der Waals surface area contributed by atoms with Crippen LogP contribution < -0.4 is 24.8 Å². The Bertz CT molecular complexity index is 2160. The molecule has 56 heavy (non-hydrogen) atoms. The maximum absolute atomic E-state index is 3.15. The zero-order chi connectivity index (χ0) is 39.2. The Balaban J connectivity index is 0.000000232. The van der Waals surface area contributed by atoms with E-state index >= 15 is 0 Å². The molecule has 0 aliphatic heterocycles. The van der Waals surface area contributed by atoms with E-state index in [0.717, 1.165) is 12.8 Å². The molecule has 3 heteroatoms. The first-order valence-electron chi connectivity index (χ1n) is 19.8. The second-order valence-corrected chi connectivity index (χ2v) is 20.9. The predicted molar refractivity (Wildman–Crippen MR) is 234 cm³/mol. The van der Waals surface area contributed by atoms with Gasteiger partial charge in [0.2, 0.25) is 0 Å². The molecule has 0 aromatic heterocycles. The molecule has 0 N–H and O–H groups in total. The molecule has 5 aromatic rings. The van der Waals surface area contributed by atoms with Crippen molar-refractivity contribution in [1.82, 2.24) is 0 Å². The average Bonchev–Trinajstić information content (AvgIpc) is 3.80. The van der Waals surface area contributed by atoms with E-state index < -0.39 is 0 Å². The van der Waals surface area contributed by atoms with E-state index in [1.54, 1.807) is 27.4 Å². The number of benzene rings is 4. The molecule has 3 aliphatic rings.